The fraction of sp³-hybridized carbons (Fsp3) is 0.389. The molecule has 0 N–H and O–H groups in total. The summed E-state index contributed by atoms with van der Waals surface area (Å²) >= 11 is 6.14. The summed E-state index contributed by atoms with van der Waals surface area (Å²) in [5.74, 6) is -0.595. The highest BCUT2D eigenvalue weighted by atomic mass is 35.5. The van der Waals surface area contributed by atoms with Gasteiger partial charge in [0.05, 0.1) is 0 Å². The maximum Gasteiger partial charge on any atom is 0.355 e. The average Bonchev–Trinajstić information content (AvgIpc) is 3.25. The first-order valence-electron chi connectivity index (χ1n) is 8.42. The van der Waals surface area contributed by atoms with Crippen LogP contribution in [0.5, 0.6) is 0 Å². The van der Waals surface area contributed by atoms with Crippen LogP contribution in [0.2, 0.25) is 5.02 Å². The van der Waals surface area contributed by atoms with Crippen LogP contribution in [0.15, 0.2) is 41.4 Å². The predicted octanol–water partition coefficient (Wildman–Crippen LogP) is 3.38. The van der Waals surface area contributed by atoms with Gasteiger partial charge in [-0.05, 0) is 31.9 Å². The van der Waals surface area contributed by atoms with E-state index in [-0.39, 0.29) is 10.6 Å². The van der Waals surface area contributed by atoms with E-state index in [0.717, 1.165) is 12.8 Å². The summed E-state index contributed by atoms with van der Waals surface area (Å²) in [5, 5.41) is 0.511. The van der Waals surface area contributed by atoms with Crippen LogP contribution in [-0.4, -0.2) is 36.3 Å². The van der Waals surface area contributed by atoms with Crippen molar-refractivity contribution < 1.29 is 17.9 Å². The molecular formula is C18H21ClN2O4S. The van der Waals surface area contributed by atoms with E-state index in [9.17, 15) is 13.2 Å². The summed E-state index contributed by atoms with van der Waals surface area (Å²) < 4.78 is 33.7. The second-order valence-corrected chi connectivity index (χ2v) is 8.70. The summed E-state index contributed by atoms with van der Waals surface area (Å²) in [6.07, 6.45) is 2.61. The van der Waals surface area contributed by atoms with Gasteiger partial charge in [0.25, 0.3) is 0 Å². The number of aromatic nitrogens is 1. The number of aryl methyl sites for hydroxylation is 1. The van der Waals surface area contributed by atoms with Gasteiger partial charge in [-0.15, -0.1) is 0 Å². The van der Waals surface area contributed by atoms with E-state index in [0.29, 0.717) is 23.7 Å². The summed E-state index contributed by atoms with van der Waals surface area (Å²) in [4.78, 5) is 12.6. The van der Waals surface area contributed by atoms with E-state index >= 15 is 0 Å². The van der Waals surface area contributed by atoms with Gasteiger partial charge in [-0.25, -0.2) is 13.2 Å². The third kappa shape index (κ3) is 3.65. The normalized spacial score (nSPS) is 16.6. The number of hydrogen-bond donors (Lipinski definition) is 0. The maximum absolute atomic E-state index is 12.7. The number of hydrogen-bond acceptors (Lipinski definition) is 4. The van der Waals surface area contributed by atoms with Crippen molar-refractivity contribution in [2.75, 3.05) is 13.1 Å². The van der Waals surface area contributed by atoms with Crippen molar-refractivity contribution in [2.45, 2.75) is 30.8 Å². The minimum absolute atomic E-state index is 0.110. The molecule has 1 aliphatic heterocycles. The van der Waals surface area contributed by atoms with E-state index in [2.05, 4.69) is 0 Å². The van der Waals surface area contributed by atoms with Gasteiger partial charge in [-0.2, -0.15) is 4.31 Å². The van der Waals surface area contributed by atoms with E-state index in [1.165, 1.54) is 21.1 Å². The molecule has 1 atom stereocenters. The lowest BCUT2D eigenvalue weighted by atomic mass is 10.1. The molecule has 0 radical (unpaired) electrons. The largest absolute Gasteiger partial charge is 0.453 e. The average molecular weight is 397 g/mol. The number of carbonyl (C=O) groups is 1. The number of nitrogens with zero attached hydrogens (tertiary/aromatic N) is 2. The first-order chi connectivity index (χ1) is 12.3. The van der Waals surface area contributed by atoms with Crippen LogP contribution in [0.1, 0.15) is 41.9 Å². The zero-order valence-electron chi connectivity index (χ0n) is 14.7. The molecule has 0 bridgehead atoms. The number of benzene rings is 1. The second-order valence-electron chi connectivity index (χ2n) is 6.35. The second kappa shape index (κ2) is 7.42. The molecule has 2 heterocycles. The topological polar surface area (TPSA) is 68.6 Å². The van der Waals surface area contributed by atoms with Crippen molar-refractivity contribution in [1.29, 1.82) is 0 Å². The van der Waals surface area contributed by atoms with Crippen LogP contribution in [0, 0.1) is 0 Å². The molecule has 1 aromatic heterocycles. The molecule has 140 valence electrons. The van der Waals surface area contributed by atoms with Crippen LogP contribution >= 0.6 is 11.6 Å². The standard InChI is InChI=1S/C18H21ClN2O4S/c1-13(15-7-3-4-8-16(15)19)25-18(22)17-11-14(12-20(17)2)26(23,24)21-9-5-6-10-21/h3-4,7-8,11-13H,5-6,9-10H2,1-2H3. The Kier molecular flexibility index (Phi) is 5.41. The lowest BCUT2D eigenvalue weighted by Gasteiger charge is -2.15. The van der Waals surface area contributed by atoms with Crippen molar-refractivity contribution in [3.63, 3.8) is 0 Å². The van der Waals surface area contributed by atoms with Crippen LogP contribution in [-0.2, 0) is 21.8 Å². The summed E-state index contributed by atoms with van der Waals surface area (Å²) in [7, 11) is -1.95. The molecule has 2 aromatic rings. The Bertz CT molecular complexity index is 917. The van der Waals surface area contributed by atoms with Gasteiger partial charge in [0, 0.05) is 36.9 Å². The minimum atomic E-state index is -3.58. The number of carbonyl (C=O) groups excluding carboxylic acids is 1. The Morgan fingerprint density at radius 2 is 1.88 bits per heavy atom. The Labute approximate surface area is 158 Å². The Morgan fingerprint density at radius 3 is 2.54 bits per heavy atom. The monoisotopic (exact) mass is 396 g/mol. The Morgan fingerprint density at radius 1 is 1.23 bits per heavy atom. The number of esters is 1. The number of halogens is 1. The zero-order chi connectivity index (χ0) is 18.9. The molecule has 1 fully saturated rings. The number of sulfonamides is 1. The smallest absolute Gasteiger partial charge is 0.355 e. The van der Waals surface area contributed by atoms with Crippen molar-refractivity contribution in [2.24, 2.45) is 7.05 Å². The van der Waals surface area contributed by atoms with Crippen molar-refractivity contribution in [3.05, 3.63) is 52.8 Å². The highest BCUT2D eigenvalue weighted by Gasteiger charge is 2.30. The van der Waals surface area contributed by atoms with Crippen LogP contribution in [0.4, 0.5) is 0 Å². The quantitative estimate of drug-likeness (QED) is 0.726. The van der Waals surface area contributed by atoms with E-state index in [4.69, 9.17) is 16.3 Å². The molecule has 1 saturated heterocycles. The Balaban J connectivity index is 1.80. The fourth-order valence-electron chi connectivity index (χ4n) is 3.04. The van der Waals surface area contributed by atoms with Gasteiger partial charge in [0.15, 0.2) is 0 Å². The molecule has 6 nitrogen and oxygen atoms in total. The molecular weight excluding hydrogens is 376 g/mol. The molecule has 3 rings (SSSR count). The molecule has 8 heteroatoms. The lowest BCUT2D eigenvalue weighted by molar-refractivity contribution is 0.0327. The highest BCUT2D eigenvalue weighted by molar-refractivity contribution is 7.89. The SMILES string of the molecule is CC(OC(=O)c1cc(S(=O)(=O)N2CCCC2)cn1C)c1ccccc1Cl. The number of rotatable bonds is 5. The first-order valence-corrected chi connectivity index (χ1v) is 10.2. The molecule has 26 heavy (non-hydrogen) atoms. The summed E-state index contributed by atoms with van der Waals surface area (Å²) in [6.45, 7) is 2.75. The molecule has 1 unspecified atom stereocenters. The molecule has 0 saturated carbocycles. The van der Waals surface area contributed by atoms with Gasteiger partial charge >= 0.3 is 5.97 Å². The highest BCUT2D eigenvalue weighted by Crippen LogP contribution is 2.27. The summed E-state index contributed by atoms with van der Waals surface area (Å²) in [5.41, 5.74) is 0.878. The van der Waals surface area contributed by atoms with Crippen LogP contribution in [0.3, 0.4) is 0 Å². The predicted molar refractivity (Wildman–Crippen MR) is 98.7 cm³/mol. The molecule has 0 spiro atoms. The summed E-state index contributed by atoms with van der Waals surface area (Å²) in [6, 6.07) is 8.50. The van der Waals surface area contributed by atoms with E-state index in [1.807, 2.05) is 6.07 Å². The molecule has 0 aliphatic carbocycles. The Hall–Kier alpha value is -1.83. The van der Waals surface area contributed by atoms with E-state index < -0.39 is 22.1 Å². The lowest BCUT2D eigenvalue weighted by Crippen LogP contribution is -2.27. The fourth-order valence-corrected chi connectivity index (χ4v) is 4.92. The van der Waals surface area contributed by atoms with Gasteiger partial charge in [-0.1, -0.05) is 29.8 Å². The van der Waals surface area contributed by atoms with Crippen LogP contribution < -0.4 is 0 Å². The van der Waals surface area contributed by atoms with Gasteiger partial charge in [0.1, 0.15) is 16.7 Å². The van der Waals surface area contributed by atoms with Crippen molar-refractivity contribution in [1.82, 2.24) is 8.87 Å². The molecule has 1 aliphatic rings. The van der Waals surface area contributed by atoms with E-state index in [1.54, 1.807) is 32.2 Å². The first kappa shape index (κ1) is 18.9. The molecule has 0 amide bonds. The number of ether oxygens (including phenoxy) is 1. The minimum Gasteiger partial charge on any atom is -0.453 e. The third-order valence-corrected chi connectivity index (χ3v) is 6.73. The van der Waals surface area contributed by atoms with Gasteiger partial charge in [0.2, 0.25) is 10.0 Å². The van der Waals surface area contributed by atoms with Crippen molar-refractivity contribution >= 4 is 27.6 Å². The van der Waals surface area contributed by atoms with Crippen LogP contribution in [0.25, 0.3) is 0 Å². The van der Waals surface area contributed by atoms with Crippen molar-refractivity contribution in [3.8, 4) is 0 Å². The third-order valence-electron chi connectivity index (χ3n) is 4.52. The van der Waals surface area contributed by atoms with Gasteiger partial charge < -0.3 is 9.30 Å². The zero-order valence-corrected chi connectivity index (χ0v) is 16.3. The molecule has 1 aromatic carbocycles. The van der Waals surface area contributed by atoms with Gasteiger partial charge in [-0.3, -0.25) is 0 Å². The maximum atomic E-state index is 12.7.